The quantitative estimate of drug-likeness (QED) is 0.702. The van der Waals surface area contributed by atoms with Crippen LogP contribution in [0.2, 0.25) is 0 Å². The maximum atomic E-state index is 12.2. The second kappa shape index (κ2) is 5.03. The average molecular weight is 289 g/mol. The predicted octanol–water partition coefficient (Wildman–Crippen LogP) is -0.333. The number of sulfonamides is 1. The molecular formula is C12H23N3O3S. The molecule has 2 rings (SSSR count). The van der Waals surface area contributed by atoms with Gasteiger partial charge in [0.1, 0.15) is 0 Å². The van der Waals surface area contributed by atoms with E-state index in [9.17, 15) is 13.2 Å². The first kappa shape index (κ1) is 14.7. The first-order chi connectivity index (χ1) is 8.66. The molecule has 1 aliphatic carbocycles. The van der Waals surface area contributed by atoms with E-state index in [4.69, 9.17) is 0 Å². The highest BCUT2D eigenvalue weighted by Crippen LogP contribution is 2.23. The third-order valence-corrected chi connectivity index (χ3v) is 4.28. The number of hydrogen-bond acceptors (Lipinski definition) is 4. The number of nitrogens with one attached hydrogen (secondary N) is 2. The first-order valence-electron chi connectivity index (χ1n) is 6.70. The fourth-order valence-corrected chi connectivity index (χ4v) is 3.66. The summed E-state index contributed by atoms with van der Waals surface area (Å²) < 4.78 is 25.2. The van der Waals surface area contributed by atoms with Crippen molar-refractivity contribution >= 4 is 15.9 Å². The fourth-order valence-electron chi connectivity index (χ4n) is 2.60. The predicted molar refractivity (Wildman–Crippen MR) is 73.2 cm³/mol. The molecule has 0 aromatic heterocycles. The van der Waals surface area contributed by atoms with Gasteiger partial charge in [0.2, 0.25) is 15.9 Å². The summed E-state index contributed by atoms with van der Waals surface area (Å²) in [4.78, 5) is 13.9. The van der Waals surface area contributed by atoms with Gasteiger partial charge in [-0.25, -0.2) is 13.1 Å². The number of carbonyl (C=O) groups excluding carboxylic acids is 1. The molecule has 0 spiro atoms. The summed E-state index contributed by atoms with van der Waals surface area (Å²) in [5.41, 5.74) is -0.641. The molecule has 1 aliphatic heterocycles. The van der Waals surface area contributed by atoms with E-state index in [2.05, 4.69) is 10.0 Å². The lowest BCUT2D eigenvalue weighted by Crippen LogP contribution is -2.52. The molecule has 0 bridgehead atoms. The summed E-state index contributed by atoms with van der Waals surface area (Å²) in [6.45, 7) is 4.69. The van der Waals surface area contributed by atoms with E-state index >= 15 is 0 Å². The van der Waals surface area contributed by atoms with Crippen LogP contribution in [-0.4, -0.2) is 56.2 Å². The molecule has 1 saturated carbocycles. The highest BCUT2D eigenvalue weighted by Gasteiger charge is 2.38. The molecule has 19 heavy (non-hydrogen) atoms. The molecular weight excluding hydrogens is 266 g/mol. The monoisotopic (exact) mass is 289 g/mol. The zero-order chi connectivity index (χ0) is 14.3. The van der Waals surface area contributed by atoms with E-state index in [1.54, 1.807) is 18.7 Å². The van der Waals surface area contributed by atoms with Crippen LogP contribution in [-0.2, 0) is 14.8 Å². The third-order valence-electron chi connectivity index (χ3n) is 3.36. The third kappa shape index (κ3) is 4.43. The van der Waals surface area contributed by atoms with Gasteiger partial charge in [0, 0.05) is 24.7 Å². The van der Waals surface area contributed by atoms with Gasteiger partial charge in [0.25, 0.3) is 0 Å². The maximum Gasteiger partial charge on any atom is 0.239 e. The standard InChI is InChI=1S/C12H23N3O3S/c1-12(2,14-19(3,17)18)8-15-7-6-10(11(15)16)13-9-4-5-9/h9-10,13-14H,4-8H2,1-3H3. The largest absolute Gasteiger partial charge is 0.339 e. The molecule has 110 valence electrons. The van der Waals surface area contributed by atoms with Crippen molar-refractivity contribution in [2.45, 2.75) is 50.7 Å². The molecule has 1 unspecified atom stereocenters. The number of carbonyl (C=O) groups is 1. The van der Waals surface area contributed by atoms with Crippen molar-refractivity contribution in [2.75, 3.05) is 19.3 Å². The van der Waals surface area contributed by atoms with E-state index in [-0.39, 0.29) is 11.9 Å². The molecule has 2 N–H and O–H groups in total. The van der Waals surface area contributed by atoms with Crippen molar-refractivity contribution in [2.24, 2.45) is 0 Å². The van der Waals surface area contributed by atoms with Gasteiger partial charge >= 0.3 is 0 Å². The summed E-state index contributed by atoms with van der Waals surface area (Å²) in [7, 11) is -3.27. The minimum Gasteiger partial charge on any atom is -0.339 e. The topological polar surface area (TPSA) is 78.5 Å². The Bertz CT molecular complexity index is 457. The molecule has 6 nitrogen and oxygen atoms in total. The van der Waals surface area contributed by atoms with Gasteiger partial charge in [-0.3, -0.25) is 4.79 Å². The zero-order valence-electron chi connectivity index (χ0n) is 11.8. The first-order valence-corrected chi connectivity index (χ1v) is 8.59. The molecule has 1 atom stereocenters. The normalized spacial score (nSPS) is 25.1. The lowest BCUT2D eigenvalue weighted by molar-refractivity contribution is -0.130. The molecule has 1 amide bonds. The fraction of sp³-hybridized carbons (Fsp3) is 0.917. The van der Waals surface area contributed by atoms with Crippen LogP contribution in [0.4, 0.5) is 0 Å². The van der Waals surface area contributed by atoms with E-state index in [0.29, 0.717) is 19.1 Å². The minimum atomic E-state index is -3.27. The van der Waals surface area contributed by atoms with Gasteiger partial charge in [-0.1, -0.05) is 0 Å². The second-order valence-electron chi connectivity index (χ2n) is 6.30. The van der Waals surface area contributed by atoms with Crippen molar-refractivity contribution in [3.63, 3.8) is 0 Å². The summed E-state index contributed by atoms with van der Waals surface area (Å²) >= 11 is 0. The average Bonchev–Trinajstić information content (AvgIpc) is 2.95. The Hall–Kier alpha value is -0.660. The lowest BCUT2D eigenvalue weighted by Gasteiger charge is -2.30. The van der Waals surface area contributed by atoms with Crippen molar-refractivity contribution in [1.82, 2.24) is 14.9 Å². The summed E-state index contributed by atoms with van der Waals surface area (Å²) in [6, 6.07) is 0.428. The second-order valence-corrected chi connectivity index (χ2v) is 8.05. The number of rotatable bonds is 6. The van der Waals surface area contributed by atoms with Crippen LogP contribution >= 0.6 is 0 Å². The Labute approximate surface area is 115 Å². The number of hydrogen-bond donors (Lipinski definition) is 2. The van der Waals surface area contributed by atoms with E-state index in [0.717, 1.165) is 25.5 Å². The van der Waals surface area contributed by atoms with Crippen LogP contribution in [0, 0.1) is 0 Å². The van der Waals surface area contributed by atoms with Crippen molar-refractivity contribution in [1.29, 1.82) is 0 Å². The summed E-state index contributed by atoms with van der Waals surface area (Å²) in [5, 5.41) is 3.34. The van der Waals surface area contributed by atoms with Gasteiger partial charge in [-0.15, -0.1) is 0 Å². The molecule has 2 fully saturated rings. The summed E-state index contributed by atoms with van der Waals surface area (Å²) in [6.07, 6.45) is 4.26. The molecule has 2 aliphatic rings. The minimum absolute atomic E-state index is 0.0819. The van der Waals surface area contributed by atoms with E-state index < -0.39 is 15.6 Å². The smallest absolute Gasteiger partial charge is 0.239 e. The molecule has 7 heteroatoms. The van der Waals surface area contributed by atoms with Crippen LogP contribution in [0.1, 0.15) is 33.1 Å². The van der Waals surface area contributed by atoms with Crippen molar-refractivity contribution in [3.05, 3.63) is 0 Å². The highest BCUT2D eigenvalue weighted by atomic mass is 32.2. The van der Waals surface area contributed by atoms with Gasteiger partial charge in [-0.2, -0.15) is 0 Å². The van der Waals surface area contributed by atoms with Gasteiger partial charge in [0.15, 0.2) is 0 Å². The van der Waals surface area contributed by atoms with E-state index in [1.165, 1.54) is 0 Å². The molecule has 1 heterocycles. The molecule has 0 aromatic rings. The zero-order valence-corrected chi connectivity index (χ0v) is 12.6. The van der Waals surface area contributed by atoms with Crippen LogP contribution in [0.5, 0.6) is 0 Å². The van der Waals surface area contributed by atoms with Crippen molar-refractivity contribution < 1.29 is 13.2 Å². The molecule has 0 aromatic carbocycles. The lowest BCUT2D eigenvalue weighted by atomic mass is 10.1. The SMILES string of the molecule is CC(C)(CN1CCC(NC2CC2)C1=O)NS(C)(=O)=O. The van der Waals surface area contributed by atoms with E-state index in [1.807, 2.05) is 0 Å². The van der Waals surface area contributed by atoms with Crippen LogP contribution in [0.3, 0.4) is 0 Å². The summed E-state index contributed by atoms with van der Waals surface area (Å²) in [5.74, 6) is 0.0928. The van der Waals surface area contributed by atoms with Gasteiger partial charge < -0.3 is 10.2 Å². The van der Waals surface area contributed by atoms with Crippen LogP contribution in [0.15, 0.2) is 0 Å². The molecule has 0 radical (unpaired) electrons. The Morgan fingerprint density at radius 3 is 2.47 bits per heavy atom. The number of amides is 1. The van der Waals surface area contributed by atoms with Crippen LogP contribution in [0.25, 0.3) is 0 Å². The Kier molecular flexibility index (Phi) is 3.90. The molecule has 1 saturated heterocycles. The van der Waals surface area contributed by atoms with Gasteiger partial charge in [0.05, 0.1) is 12.3 Å². The van der Waals surface area contributed by atoms with Crippen molar-refractivity contribution in [3.8, 4) is 0 Å². The van der Waals surface area contributed by atoms with Crippen LogP contribution < -0.4 is 10.0 Å². The number of nitrogens with zero attached hydrogens (tertiary/aromatic N) is 1. The number of likely N-dealkylation sites (tertiary alicyclic amines) is 1. The van der Waals surface area contributed by atoms with Gasteiger partial charge in [-0.05, 0) is 33.1 Å². The maximum absolute atomic E-state index is 12.2. The Balaban J connectivity index is 1.90. The Morgan fingerprint density at radius 2 is 1.95 bits per heavy atom. The Morgan fingerprint density at radius 1 is 1.32 bits per heavy atom. The highest BCUT2D eigenvalue weighted by molar-refractivity contribution is 7.88.